The van der Waals surface area contributed by atoms with E-state index in [9.17, 15) is 13.6 Å². The maximum atomic E-state index is 14.3. The van der Waals surface area contributed by atoms with Crippen molar-refractivity contribution in [3.63, 3.8) is 0 Å². The van der Waals surface area contributed by atoms with Crippen LogP contribution in [0.3, 0.4) is 0 Å². The second-order valence-electron chi connectivity index (χ2n) is 7.40. The summed E-state index contributed by atoms with van der Waals surface area (Å²) >= 11 is 0. The molecule has 3 aromatic rings. The number of nitrogens with two attached hydrogens (primary N) is 1. The van der Waals surface area contributed by atoms with Gasteiger partial charge in [0.2, 0.25) is 0 Å². The average molecular weight is 392 g/mol. The van der Waals surface area contributed by atoms with Gasteiger partial charge in [0.15, 0.2) is 6.29 Å². The zero-order valence-electron chi connectivity index (χ0n) is 16.2. The third kappa shape index (κ3) is 3.37. The zero-order chi connectivity index (χ0) is 20.5. The smallest absolute Gasteiger partial charge is 0.150 e. The Morgan fingerprint density at radius 1 is 1.17 bits per heavy atom. The van der Waals surface area contributed by atoms with Crippen molar-refractivity contribution >= 4 is 22.8 Å². The van der Waals surface area contributed by atoms with Gasteiger partial charge in [0.25, 0.3) is 0 Å². The molecule has 0 unspecified atom stereocenters. The van der Waals surface area contributed by atoms with E-state index >= 15 is 0 Å². The number of hydrogen-bond donors (Lipinski definition) is 1. The Bertz CT molecular complexity index is 1170. The van der Waals surface area contributed by atoms with E-state index in [0.29, 0.717) is 5.57 Å². The Labute approximate surface area is 168 Å². The molecule has 0 atom stereocenters. The Morgan fingerprint density at radius 2 is 1.93 bits per heavy atom. The van der Waals surface area contributed by atoms with Gasteiger partial charge in [-0.05, 0) is 86.0 Å². The number of allylic oxidation sites excluding steroid dienone is 3. The number of carbonyl (C=O) groups is 1. The molecule has 0 bridgehead atoms. The molecule has 0 fully saturated rings. The number of hydrogen-bond acceptors (Lipinski definition) is 2. The lowest BCUT2D eigenvalue weighted by Gasteiger charge is -2.11. The molecule has 0 radical (unpaired) electrons. The van der Waals surface area contributed by atoms with Gasteiger partial charge >= 0.3 is 0 Å². The Hall–Kier alpha value is -3.21. The predicted octanol–water partition coefficient (Wildman–Crippen LogP) is 4.82. The van der Waals surface area contributed by atoms with Crippen LogP contribution >= 0.6 is 0 Å². The third-order valence-electron chi connectivity index (χ3n) is 5.68. The van der Waals surface area contributed by atoms with Gasteiger partial charge in [0.1, 0.15) is 11.6 Å². The van der Waals surface area contributed by atoms with Crippen LogP contribution in [0.15, 0.2) is 48.7 Å². The summed E-state index contributed by atoms with van der Waals surface area (Å²) in [6.45, 7) is 2.09. The molecule has 0 saturated heterocycles. The number of halogens is 2. The number of rotatable bonds is 5. The fourth-order valence-electron chi connectivity index (χ4n) is 4.29. The summed E-state index contributed by atoms with van der Waals surface area (Å²) in [5, 5.41) is 0.948. The Balaban J connectivity index is 1.97. The van der Waals surface area contributed by atoms with Crippen LogP contribution in [0.4, 0.5) is 8.78 Å². The van der Waals surface area contributed by atoms with Gasteiger partial charge in [-0.1, -0.05) is 0 Å². The number of carbonyl (C=O) groups excluding carboxylic acids is 1. The molecule has 29 heavy (non-hydrogen) atoms. The summed E-state index contributed by atoms with van der Waals surface area (Å²) in [7, 11) is 0. The SMILES string of the molecule is Cc1c(/C(C=O)=C/C=C\N)c2cc3c(cc2n1Cc1cc(F)ccc1F)CCC3. The van der Waals surface area contributed by atoms with Gasteiger partial charge in [0, 0.05) is 33.3 Å². The summed E-state index contributed by atoms with van der Waals surface area (Å²) in [6, 6.07) is 7.76. The maximum absolute atomic E-state index is 14.3. The molecule has 1 aliphatic rings. The quantitative estimate of drug-likeness (QED) is 0.384. The fourth-order valence-corrected chi connectivity index (χ4v) is 4.29. The van der Waals surface area contributed by atoms with Gasteiger partial charge in [-0.15, -0.1) is 0 Å². The highest BCUT2D eigenvalue weighted by Gasteiger charge is 2.21. The van der Waals surface area contributed by atoms with Gasteiger partial charge in [-0.25, -0.2) is 8.78 Å². The van der Waals surface area contributed by atoms with Crippen LogP contribution in [-0.2, 0) is 24.2 Å². The highest BCUT2D eigenvalue weighted by atomic mass is 19.1. The van der Waals surface area contributed by atoms with Crippen molar-refractivity contribution in [3.8, 4) is 0 Å². The molecule has 2 aromatic carbocycles. The molecule has 0 aliphatic heterocycles. The van der Waals surface area contributed by atoms with Crippen molar-refractivity contribution in [2.24, 2.45) is 5.73 Å². The first-order chi connectivity index (χ1) is 14.0. The summed E-state index contributed by atoms with van der Waals surface area (Å²) < 4.78 is 30.0. The standard InChI is InChI=1S/C24H22F2N2O/c1-15-24(18(14-29)6-3-9-27)21-11-16-4-2-5-17(16)12-23(21)28(15)13-19-10-20(25)7-8-22(19)26/h3,6-12,14H,2,4-5,13,27H2,1H3/b9-3-,18-6+. The van der Waals surface area contributed by atoms with Crippen molar-refractivity contribution in [2.75, 3.05) is 0 Å². The number of aldehydes is 1. The van der Waals surface area contributed by atoms with Crippen LogP contribution in [-0.4, -0.2) is 10.9 Å². The Morgan fingerprint density at radius 3 is 2.66 bits per heavy atom. The minimum absolute atomic E-state index is 0.184. The molecule has 4 rings (SSSR count). The van der Waals surface area contributed by atoms with Gasteiger partial charge < -0.3 is 10.3 Å². The number of aryl methyl sites for hydroxylation is 2. The van der Waals surface area contributed by atoms with E-state index in [2.05, 4.69) is 12.1 Å². The number of benzene rings is 2. The van der Waals surface area contributed by atoms with Crippen LogP contribution in [0.2, 0.25) is 0 Å². The fraction of sp³-hybridized carbons (Fsp3) is 0.208. The minimum atomic E-state index is -0.474. The summed E-state index contributed by atoms with van der Waals surface area (Å²) in [5.74, 6) is -0.925. The second-order valence-corrected chi connectivity index (χ2v) is 7.40. The third-order valence-corrected chi connectivity index (χ3v) is 5.68. The maximum Gasteiger partial charge on any atom is 0.150 e. The highest BCUT2D eigenvalue weighted by Crippen LogP contribution is 2.36. The lowest BCUT2D eigenvalue weighted by molar-refractivity contribution is -0.103. The second kappa shape index (κ2) is 7.66. The molecule has 1 heterocycles. The molecule has 148 valence electrons. The lowest BCUT2D eigenvalue weighted by atomic mass is 9.99. The van der Waals surface area contributed by atoms with E-state index < -0.39 is 11.6 Å². The average Bonchev–Trinajstić information content (AvgIpc) is 3.27. The van der Waals surface area contributed by atoms with Crippen LogP contribution in [0.25, 0.3) is 16.5 Å². The minimum Gasteiger partial charge on any atom is -0.405 e. The molecule has 1 aromatic heterocycles. The molecule has 2 N–H and O–H groups in total. The van der Waals surface area contributed by atoms with Gasteiger partial charge in [0.05, 0.1) is 6.54 Å². The van der Waals surface area contributed by atoms with E-state index in [0.717, 1.165) is 59.8 Å². The monoisotopic (exact) mass is 392 g/mol. The van der Waals surface area contributed by atoms with E-state index in [-0.39, 0.29) is 12.1 Å². The molecule has 0 amide bonds. The van der Waals surface area contributed by atoms with Crippen LogP contribution in [0.5, 0.6) is 0 Å². The molecule has 5 heteroatoms. The number of aromatic nitrogens is 1. The predicted molar refractivity (Wildman–Crippen MR) is 112 cm³/mol. The summed E-state index contributed by atoms with van der Waals surface area (Å²) in [6.07, 6.45) is 8.59. The molecular weight excluding hydrogens is 370 g/mol. The van der Waals surface area contributed by atoms with Crippen molar-refractivity contribution in [3.05, 3.63) is 88.3 Å². The van der Waals surface area contributed by atoms with E-state index in [1.807, 2.05) is 11.5 Å². The van der Waals surface area contributed by atoms with Crippen LogP contribution < -0.4 is 5.73 Å². The molecule has 1 aliphatic carbocycles. The molecule has 0 saturated carbocycles. The largest absolute Gasteiger partial charge is 0.405 e. The molecule has 0 spiro atoms. The van der Waals surface area contributed by atoms with E-state index in [4.69, 9.17) is 5.73 Å². The van der Waals surface area contributed by atoms with Gasteiger partial charge in [-0.3, -0.25) is 4.79 Å². The highest BCUT2D eigenvalue weighted by molar-refractivity contribution is 6.14. The first-order valence-electron chi connectivity index (χ1n) is 9.66. The molecule has 3 nitrogen and oxygen atoms in total. The normalized spacial score (nSPS) is 14.1. The summed E-state index contributed by atoms with van der Waals surface area (Å²) in [5.41, 5.74) is 11.3. The zero-order valence-corrected chi connectivity index (χ0v) is 16.2. The lowest BCUT2D eigenvalue weighted by Crippen LogP contribution is -2.05. The molecular formula is C24H22F2N2O. The van der Waals surface area contributed by atoms with Crippen molar-refractivity contribution in [2.45, 2.75) is 32.7 Å². The van der Waals surface area contributed by atoms with Gasteiger partial charge in [-0.2, -0.15) is 0 Å². The van der Waals surface area contributed by atoms with Crippen molar-refractivity contribution in [1.82, 2.24) is 4.57 Å². The van der Waals surface area contributed by atoms with Crippen LogP contribution in [0, 0.1) is 18.6 Å². The van der Waals surface area contributed by atoms with Crippen LogP contribution in [0.1, 0.15) is 34.4 Å². The number of fused-ring (bicyclic) bond motifs is 2. The Kier molecular flexibility index (Phi) is 5.05. The number of nitrogens with zero attached hydrogens (tertiary/aromatic N) is 1. The van der Waals surface area contributed by atoms with E-state index in [1.54, 1.807) is 12.2 Å². The van der Waals surface area contributed by atoms with Crippen molar-refractivity contribution in [1.29, 1.82) is 0 Å². The van der Waals surface area contributed by atoms with E-state index in [1.165, 1.54) is 23.4 Å². The first kappa shape index (κ1) is 19.1. The topological polar surface area (TPSA) is 48.0 Å². The van der Waals surface area contributed by atoms with Crippen molar-refractivity contribution < 1.29 is 13.6 Å². The first-order valence-corrected chi connectivity index (χ1v) is 9.66. The summed E-state index contributed by atoms with van der Waals surface area (Å²) in [4.78, 5) is 11.8.